The van der Waals surface area contributed by atoms with E-state index in [4.69, 9.17) is 33.2 Å². The highest BCUT2D eigenvalue weighted by atomic mass is 35.5. The average molecular weight is 492 g/mol. The molecule has 0 radical (unpaired) electrons. The number of nitrogens with one attached hydrogen (secondary N) is 1. The van der Waals surface area contributed by atoms with E-state index in [2.05, 4.69) is 16.6 Å². The maximum atomic E-state index is 12.8. The SMILES string of the molecule is N#Cc1ccccc1COc1c(Cl)cc(/C=N\NC(=O)c2cccc(C(F)(F)F)c2)cc1Cl. The second-order valence-corrected chi connectivity index (χ2v) is 7.46. The first-order valence-corrected chi connectivity index (χ1v) is 10.0. The minimum absolute atomic E-state index is 0.0731. The number of hydrazone groups is 1. The molecule has 3 rings (SSSR count). The van der Waals surface area contributed by atoms with Crippen LogP contribution in [0, 0.1) is 11.3 Å². The lowest BCUT2D eigenvalue weighted by atomic mass is 10.1. The van der Waals surface area contributed by atoms with Gasteiger partial charge in [0.1, 0.15) is 6.61 Å². The van der Waals surface area contributed by atoms with Crippen LogP contribution in [0.2, 0.25) is 10.0 Å². The van der Waals surface area contributed by atoms with Crippen LogP contribution in [-0.2, 0) is 12.8 Å². The molecule has 0 saturated carbocycles. The second kappa shape index (κ2) is 10.4. The summed E-state index contributed by atoms with van der Waals surface area (Å²) >= 11 is 12.5. The van der Waals surface area contributed by atoms with Crippen LogP contribution in [0.4, 0.5) is 13.2 Å². The van der Waals surface area contributed by atoms with E-state index in [0.717, 1.165) is 18.2 Å². The van der Waals surface area contributed by atoms with Gasteiger partial charge in [0.25, 0.3) is 5.91 Å². The van der Waals surface area contributed by atoms with E-state index >= 15 is 0 Å². The van der Waals surface area contributed by atoms with Gasteiger partial charge in [-0.1, -0.05) is 47.5 Å². The Morgan fingerprint density at radius 2 is 1.79 bits per heavy atom. The van der Waals surface area contributed by atoms with Crippen molar-refractivity contribution in [3.05, 3.63) is 98.5 Å². The monoisotopic (exact) mass is 491 g/mol. The number of amides is 1. The fourth-order valence-corrected chi connectivity index (χ4v) is 3.38. The fraction of sp³-hybridized carbons (Fsp3) is 0.0870. The van der Waals surface area contributed by atoms with Crippen LogP contribution in [0.15, 0.2) is 65.8 Å². The number of alkyl halides is 3. The van der Waals surface area contributed by atoms with E-state index in [0.29, 0.717) is 16.7 Å². The summed E-state index contributed by atoms with van der Waals surface area (Å²) in [6, 6.07) is 15.9. The van der Waals surface area contributed by atoms with Crippen molar-refractivity contribution in [3.63, 3.8) is 0 Å². The summed E-state index contributed by atoms with van der Waals surface area (Å²) in [5, 5.41) is 13.2. The Labute approximate surface area is 197 Å². The quantitative estimate of drug-likeness (QED) is 0.328. The molecule has 3 aromatic carbocycles. The third-order valence-corrected chi connectivity index (χ3v) is 4.92. The number of nitrogens with zero attached hydrogens (tertiary/aromatic N) is 2. The van der Waals surface area contributed by atoms with Crippen molar-refractivity contribution in [2.24, 2.45) is 5.10 Å². The summed E-state index contributed by atoms with van der Waals surface area (Å²) in [6.07, 6.45) is -3.33. The Balaban J connectivity index is 1.67. The zero-order valence-electron chi connectivity index (χ0n) is 16.7. The van der Waals surface area contributed by atoms with Gasteiger partial charge in [0, 0.05) is 11.1 Å². The standard InChI is InChI=1S/C23H14Cl2F3N3O2/c24-19-8-14(9-20(25)21(19)33-13-17-5-2-1-4-16(17)11-29)12-30-31-22(32)15-6-3-7-18(10-15)23(26,27)28/h1-10,12H,13H2,(H,31,32)/b30-12-. The Hall–Kier alpha value is -3.54. The highest BCUT2D eigenvalue weighted by molar-refractivity contribution is 6.37. The van der Waals surface area contributed by atoms with Gasteiger partial charge < -0.3 is 4.74 Å². The molecule has 0 aliphatic heterocycles. The van der Waals surface area contributed by atoms with Gasteiger partial charge in [0.15, 0.2) is 5.75 Å². The van der Waals surface area contributed by atoms with Crippen molar-refractivity contribution in [3.8, 4) is 11.8 Å². The van der Waals surface area contributed by atoms with Gasteiger partial charge in [-0.3, -0.25) is 4.79 Å². The van der Waals surface area contributed by atoms with Crippen LogP contribution >= 0.6 is 23.2 Å². The summed E-state index contributed by atoms with van der Waals surface area (Å²) in [5.41, 5.74) is 2.56. The number of rotatable bonds is 6. The Morgan fingerprint density at radius 3 is 2.45 bits per heavy atom. The van der Waals surface area contributed by atoms with Crippen molar-refractivity contribution < 1.29 is 22.7 Å². The third-order valence-electron chi connectivity index (χ3n) is 4.36. The molecule has 0 bridgehead atoms. The summed E-state index contributed by atoms with van der Waals surface area (Å²) in [7, 11) is 0. The molecule has 168 valence electrons. The third kappa shape index (κ3) is 6.25. The smallest absolute Gasteiger partial charge is 0.416 e. The lowest BCUT2D eigenvalue weighted by Gasteiger charge is -2.11. The van der Waals surface area contributed by atoms with E-state index < -0.39 is 17.6 Å². The molecule has 0 fully saturated rings. The minimum atomic E-state index is -4.56. The number of halogens is 5. The Bertz CT molecular complexity index is 1230. The van der Waals surface area contributed by atoms with Crippen LogP contribution in [0.25, 0.3) is 0 Å². The molecule has 0 unspecified atom stereocenters. The van der Waals surface area contributed by atoms with Crippen molar-refractivity contribution in [1.29, 1.82) is 5.26 Å². The lowest BCUT2D eigenvalue weighted by molar-refractivity contribution is -0.137. The first-order chi connectivity index (χ1) is 15.7. The molecular formula is C23H14Cl2F3N3O2. The first kappa shape index (κ1) is 24.1. The molecule has 0 atom stereocenters. The van der Waals surface area contributed by atoms with Gasteiger partial charge >= 0.3 is 6.18 Å². The van der Waals surface area contributed by atoms with Gasteiger partial charge in [-0.2, -0.15) is 23.5 Å². The summed E-state index contributed by atoms with van der Waals surface area (Å²) in [6.45, 7) is 0.0731. The van der Waals surface area contributed by atoms with Crippen molar-refractivity contribution >= 4 is 35.3 Å². The molecule has 5 nitrogen and oxygen atoms in total. The largest absolute Gasteiger partial charge is 0.486 e. The van der Waals surface area contributed by atoms with Crippen molar-refractivity contribution in [2.75, 3.05) is 0 Å². The number of carbonyl (C=O) groups is 1. The van der Waals surface area contributed by atoms with Crippen LogP contribution in [0.3, 0.4) is 0 Å². The molecular weight excluding hydrogens is 478 g/mol. The molecule has 1 amide bonds. The highest BCUT2D eigenvalue weighted by Crippen LogP contribution is 2.34. The number of carbonyl (C=O) groups excluding carboxylic acids is 1. The normalized spacial score (nSPS) is 11.3. The molecule has 0 aromatic heterocycles. The lowest BCUT2D eigenvalue weighted by Crippen LogP contribution is -2.18. The number of benzene rings is 3. The van der Waals surface area contributed by atoms with Gasteiger partial charge in [0.2, 0.25) is 0 Å². The van der Waals surface area contributed by atoms with Crippen molar-refractivity contribution in [1.82, 2.24) is 5.43 Å². The molecule has 0 aliphatic rings. The van der Waals surface area contributed by atoms with Crippen LogP contribution in [-0.4, -0.2) is 12.1 Å². The molecule has 10 heteroatoms. The fourth-order valence-electron chi connectivity index (χ4n) is 2.76. The molecule has 0 spiro atoms. The zero-order chi connectivity index (χ0) is 24.0. The van der Waals surface area contributed by atoms with Gasteiger partial charge in [-0.15, -0.1) is 0 Å². The maximum absolute atomic E-state index is 12.8. The Morgan fingerprint density at radius 1 is 1.09 bits per heavy atom. The minimum Gasteiger partial charge on any atom is -0.486 e. The van der Waals surface area contributed by atoms with Crippen LogP contribution < -0.4 is 10.2 Å². The second-order valence-electron chi connectivity index (χ2n) is 6.65. The van der Waals surface area contributed by atoms with Gasteiger partial charge in [-0.05, 0) is 42.0 Å². The van der Waals surface area contributed by atoms with E-state index in [9.17, 15) is 18.0 Å². The summed E-state index contributed by atoms with van der Waals surface area (Å²) in [5.74, 6) is -0.609. The molecule has 0 heterocycles. The molecule has 33 heavy (non-hydrogen) atoms. The first-order valence-electron chi connectivity index (χ1n) is 9.29. The van der Waals surface area contributed by atoms with Gasteiger partial charge in [0.05, 0.1) is 33.5 Å². The highest BCUT2D eigenvalue weighted by Gasteiger charge is 2.30. The van der Waals surface area contributed by atoms with E-state index in [1.54, 1.807) is 24.3 Å². The molecule has 0 saturated heterocycles. The van der Waals surface area contributed by atoms with E-state index in [1.807, 2.05) is 0 Å². The zero-order valence-corrected chi connectivity index (χ0v) is 18.2. The average Bonchev–Trinajstić information content (AvgIpc) is 2.78. The molecule has 0 aliphatic carbocycles. The Kier molecular flexibility index (Phi) is 7.59. The van der Waals surface area contributed by atoms with Gasteiger partial charge in [-0.25, -0.2) is 5.43 Å². The van der Waals surface area contributed by atoms with E-state index in [-0.39, 0.29) is 28.0 Å². The number of hydrogen-bond acceptors (Lipinski definition) is 4. The van der Waals surface area contributed by atoms with E-state index in [1.165, 1.54) is 24.4 Å². The van der Waals surface area contributed by atoms with Crippen LogP contribution in [0.5, 0.6) is 5.75 Å². The number of ether oxygens (including phenoxy) is 1. The van der Waals surface area contributed by atoms with Crippen molar-refractivity contribution in [2.45, 2.75) is 12.8 Å². The number of hydrogen-bond donors (Lipinski definition) is 1. The predicted octanol–water partition coefficient (Wildman–Crippen LogP) is 6.23. The maximum Gasteiger partial charge on any atom is 0.416 e. The molecule has 3 aromatic rings. The topological polar surface area (TPSA) is 74.5 Å². The van der Waals surface area contributed by atoms with Crippen LogP contribution in [0.1, 0.15) is 32.6 Å². The summed E-state index contributed by atoms with van der Waals surface area (Å²) in [4.78, 5) is 12.1. The summed E-state index contributed by atoms with van der Waals surface area (Å²) < 4.78 is 44.0. The number of nitriles is 1. The predicted molar refractivity (Wildman–Crippen MR) is 118 cm³/mol. The molecule has 1 N–H and O–H groups in total.